The number of rotatable bonds is 3. The van der Waals surface area contributed by atoms with Gasteiger partial charge in [-0.2, -0.15) is 0 Å². The number of nitrogens with one attached hydrogen (secondary N) is 1. The Balaban J connectivity index is 2.17. The summed E-state index contributed by atoms with van der Waals surface area (Å²) in [7, 11) is 1.94. The van der Waals surface area contributed by atoms with Crippen molar-refractivity contribution in [3.05, 3.63) is 33.4 Å². The highest BCUT2D eigenvalue weighted by atomic mass is 127. The van der Waals surface area contributed by atoms with E-state index in [1.165, 1.54) is 0 Å². The normalized spacial score (nSPS) is 19.6. The van der Waals surface area contributed by atoms with E-state index in [0.29, 0.717) is 6.04 Å². The Morgan fingerprint density at radius 2 is 2.29 bits per heavy atom. The summed E-state index contributed by atoms with van der Waals surface area (Å²) in [6.45, 7) is 1.77. The van der Waals surface area contributed by atoms with Crippen molar-refractivity contribution in [1.29, 1.82) is 0 Å². The van der Waals surface area contributed by atoms with Crippen LogP contribution in [0.5, 0.6) is 0 Å². The van der Waals surface area contributed by atoms with Crippen LogP contribution in [0.3, 0.4) is 0 Å². The minimum Gasteiger partial charge on any atom is -0.334 e. The van der Waals surface area contributed by atoms with Crippen LogP contribution in [0.4, 0.5) is 0 Å². The Hall–Kier alpha value is -0.620. The van der Waals surface area contributed by atoms with Crippen molar-refractivity contribution < 1.29 is 4.79 Å². The molecule has 1 saturated heterocycles. The van der Waals surface area contributed by atoms with E-state index < -0.39 is 0 Å². The molecular formula is C13H17IN2O. The van der Waals surface area contributed by atoms with Gasteiger partial charge in [0.25, 0.3) is 5.91 Å². The molecule has 0 saturated carbocycles. The molecule has 4 heteroatoms. The smallest absolute Gasteiger partial charge is 0.255 e. The van der Waals surface area contributed by atoms with Crippen molar-refractivity contribution in [2.24, 2.45) is 0 Å². The first kappa shape index (κ1) is 12.8. The first-order valence-electron chi connectivity index (χ1n) is 5.94. The van der Waals surface area contributed by atoms with Crippen molar-refractivity contribution in [2.75, 3.05) is 20.1 Å². The lowest BCUT2D eigenvalue weighted by Crippen LogP contribution is -2.41. The molecule has 1 aliphatic rings. The lowest BCUT2D eigenvalue weighted by Gasteiger charge is -2.25. The molecule has 0 radical (unpaired) electrons. The van der Waals surface area contributed by atoms with Crippen LogP contribution >= 0.6 is 22.6 Å². The first-order chi connectivity index (χ1) is 8.24. The highest BCUT2D eigenvalue weighted by Gasteiger charge is 2.29. The lowest BCUT2D eigenvalue weighted by atomic mass is 10.1. The highest BCUT2D eigenvalue weighted by Crippen LogP contribution is 2.21. The maximum Gasteiger partial charge on any atom is 0.255 e. The molecule has 0 spiro atoms. The highest BCUT2D eigenvalue weighted by molar-refractivity contribution is 14.1. The molecule has 2 rings (SSSR count). The van der Waals surface area contributed by atoms with E-state index in [2.05, 4.69) is 27.9 Å². The molecule has 1 unspecified atom stereocenters. The molecule has 1 aromatic rings. The van der Waals surface area contributed by atoms with Gasteiger partial charge in [-0.25, -0.2) is 0 Å². The van der Waals surface area contributed by atoms with E-state index in [1.54, 1.807) is 0 Å². The third-order valence-electron chi connectivity index (χ3n) is 3.18. The van der Waals surface area contributed by atoms with Crippen LogP contribution < -0.4 is 5.32 Å². The number of likely N-dealkylation sites (N-methyl/N-ethyl adjacent to an activating group) is 1. The Morgan fingerprint density at radius 3 is 3.00 bits per heavy atom. The summed E-state index contributed by atoms with van der Waals surface area (Å²) in [5, 5.41) is 3.16. The second-order valence-electron chi connectivity index (χ2n) is 4.33. The number of benzene rings is 1. The fourth-order valence-electron chi connectivity index (χ4n) is 2.34. The second-order valence-corrected chi connectivity index (χ2v) is 5.49. The number of carbonyl (C=O) groups is 1. The number of nitrogens with zero attached hydrogens (tertiary/aromatic N) is 1. The molecule has 1 heterocycles. The monoisotopic (exact) mass is 344 g/mol. The van der Waals surface area contributed by atoms with Crippen molar-refractivity contribution >= 4 is 28.5 Å². The number of halogens is 1. The summed E-state index contributed by atoms with van der Waals surface area (Å²) in [6, 6.07) is 8.14. The van der Waals surface area contributed by atoms with Crippen LogP contribution in [0.1, 0.15) is 23.2 Å². The van der Waals surface area contributed by atoms with Gasteiger partial charge in [-0.3, -0.25) is 4.79 Å². The number of hydrogen-bond donors (Lipinski definition) is 1. The topological polar surface area (TPSA) is 32.3 Å². The average molecular weight is 344 g/mol. The molecule has 1 atom stereocenters. The van der Waals surface area contributed by atoms with Crippen LogP contribution in [0.2, 0.25) is 0 Å². The van der Waals surface area contributed by atoms with E-state index >= 15 is 0 Å². The Morgan fingerprint density at radius 1 is 1.53 bits per heavy atom. The van der Waals surface area contributed by atoms with Gasteiger partial charge in [0.15, 0.2) is 0 Å². The molecule has 92 valence electrons. The second kappa shape index (κ2) is 5.82. The zero-order valence-corrected chi connectivity index (χ0v) is 12.1. The number of hydrogen-bond acceptors (Lipinski definition) is 2. The predicted molar refractivity (Wildman–Crippen MR) is 77.1 cm³/mol. The van der Waals surface area contributed by atoms with Gasteiger partial charge in [0.05, 0.1) is 5.56 Å². The predicted octanol–water partition coefficient (Wildman–Crippen LogP) is 2.12. The van der Waals surface area contributed by atoms with Gasteiger partial charge in [0, 0.05) is 22.7 Å². The molecule has 0 aliphatic carbocycles. The van der Waals surface area contributed by atoms with Gasteiger partial charge in [-0.05, 0) is 54.6 Å². The minimum atomic E-state index is 0.174. The molecule has 0 bridgehead atoms. The third kappa shape index (κ3) is 2.80. The van der Waals surface area contributed by atoms with Crippen molar-refractivity contribution in [3.63, 3.8) is 0 Å². The fraction of sp³-hybridized carbons (Fsp3) is 0.462. The van der Waals surface area contributed by atoms with Crippen LogP contribution in [0.25, 0.3) is 0 Å². The first-order valence-corrected chi connectivity index (χ1v) is 7.02. The van der Waals surface area contributed by atoms with E-state index in [0.717, 1.165) is 35.1 Å². The van der Waals surface area contributed by atoms with Gasteiger partial charge in [0.1, 0.15) is 0 Å². The molecule has 1 aromatic carbocycles. The maximum absolute atomic E-state index is 12.4. The zero-order chi connectivity index (χ0) is 12.3. The summed E-state index contributed by atoms with van der Waals surface area (Å²) in [4.78, 5) is 14.5. The van der Waals surface area contributed by atoms with Gasteiger partial charge >= 0.3 is 0 Å². The fourth-order valence-corrected chi connectivity index (χ4v) is 2.96. The molecule has 17 heavy (non-hydrogen) atoms. The third-order valence-corrected chi connectivity index (χ3v) is 4.12. The molecule has 1 fully saturated rings. The van der Waals surface area contributed by atoms with Gasteiger partial charge < -0.3 is 10.2 Å². The summed E-state index contributed by atoms with van der Waals surface area (Å²) in [5.74, 6) is 0.174. The Bertz CT molecular complexity index is 408. The number of likely N-dealkylation sites (tertiary alicyclic amines) is 1. The summed E-state index contributed by atoms with van der Waals surface area (Å²) >= 11 is 2.23. The van der Waals surface area contributed by atoms with E-state index in [9.17, 15) is 4.79 Å². The summed E-state index contributed by atoms with van der Waals surface area (Å²) in [5.41, 5.74) is 0.830. The van der Waals surface area contributed by atoms with E-state index in [-0.39, 0.29) is 5.91 Å². The lowest BCUT2D eigenvalue weighted by molar-refractivity contribution is 0.0736. The summed E-state index contributed by atoms with van der Waals surface area (Å²) in [6.07, 6.45) is 2.22. The molecular weight excluding hydrogens is 327 g/mol. The van der Waals surface area contributed by atoms with Gasteiger partial charge in [0.2, 0.25) is 0 Å². The van der Waals surface area contributed by atoms with Gasteiger partial charge in [-0.15, -0.1) is 0 Å². The Labute approximate surface area is 116 Å². The quantitative estimate of drug-likeness (QED) is 0.852. The maximum atomic E-state index is 12.4. The molecule has 3 nitrogen and oxygen atoms in total. The molecule has 1 amide bonds. The SMILES string of the molecule is CNCC1CCCN1C(=O)c1ccccc1I. The van der Waals surface area contributed by atoms with Crippen LogP contribution in [-0.4, -0.2) is 37.0 Å². The van der Waals surface area contributed by atoms with E-state index in [4.69, 9.17) is 0 Å². The average Bonchev–Trinajstić information content (AvgIpc) is 2.78. The van der Waals surface area contributed by atoms with Crippen LogP contribution in [0.15, 0.2) is 24.3 Å². The molecule has 1 aliphatic heterocycles. The van der Waals surface area contributed by atoms with Crippen LogP contribution in [-0.2, 0) is 0 Å². The standard InChI is InChI=1S/C13H17IN2O/c1-15-9-10-5-4-8-16(10)13(17)11-6-2-3-7-12(11)14/h2-3,6-7,10,15H,4-5,8-9H2,1H3. The van der Waals surface area contributed by atoms with Crippen molar-refractivity contribution in [3.8, 4) is 0 Å². The van der Waals surface area contributed by atoms with Gasteiger partial charge in [-0.1, -0.05) is 12.1 Å². The largest absolute Gasteiger partial charge is 0.334 e. The zero-order valence-electron chi connectivity index (χ0n) is 9.95. The van der Waals surface area contributed by atoms with Crippen molar-refractivity contribution in [1.82, 2.24) is 10.2 Å². The molecule has 1 N–H and O–H groups in total. The van der Waals surface area contributed by atoms with Crippen molar-refractivity contribution in [2.45, 2.75) is 18.9 Å². The Kier molecular flexibility index (Phi) is 4.39. The number of amides is 1. The van der Waals surface area contributed by atoms with E-state index in [1.807, 2.05) is 36.2 Å². The minimum absolute atomic E-state index is 0.174. The summed E-state index contributed by atoms with van der Waals surface area (Å²) < 4.78 is 1.03. The van der Waals surface area contributed by atoms with Crippen LogP contribution in [0, 0.1) is 3.57 Å². The molecule has 0 aromatic heterocycles. The number of carbonyl (C=O) groups excluding carboxylic acids is 1.